The third-order valence-electron chi connectivity index (χ3n) is 5.37. The number of benzene rings is 1. The van der Waals surface area contributed by atoms with Gasteiger partial charge in [-0.25, -0.2) is 13.2 Å². The number of carbonyl (C=O) groups excluding carboxylic acids is 2. The van der Waals surface area contributed by atoms with Gasteiger partial charge in [-0.15, -0.1) is 0 Å². The molecule has 0 radical (unpaired) electrons. The lowest BCUT2D eigenvalue weighted by atomic mass is 10.0. The zero-order valence-electron chi connectivity index (χ0n) is 19.0. The summed E-state index contributed by atoms with van der Waals surface area (Å²) >= 11 is 0. The van der Waals surface area contributed by atoms with Crippen LogP contribution in [0.2, 0.25) is 0 Å². The van der Waals surface area contributed by atoms with E-state index in [1.54, 1.807) is 70.3 Å². The average molecular weight is 470 g/mol. The number of H-pyrrole nitrogens is 1. The van der Waals surface area contributed by atoms with E-state index in [1.165, 1.54) is 12.1 Å². The molecule has 0 fully saturated rings. The molecule has 2 aromatic heterocycles. The first-order valence-corrected chi connectivity index (χ1v) is 12.0. The summed E-state index contributed by atoms with van der Waals surface area (Å²) in [6.45, 7) is 6.67. The molecule has 0 aliphatic carbocycles. The Bertz CT molecular complexity index is 1240. The Balaban J connectivity index is 2.04. The van der Waals surface area contributed by atoms with Gasteiger partial charge < -0.3 is 9.72 Å². The van der Waals surface area contributed by atoms with Gasteiger partial charge in [0.2, 0.25) is 10.0 Å². The topological polar surface area (TPSA) is 109 Å². The Morgan fingerprint density at radius 3 is 2.36 bits per heavy atom. The number of nitrogens with zero attached hydrogens (tertiary/aromatic N) is 2. The number of nitrogens with one attached hydrogen (secondary N) is 1. The van der Waals surface area contributed by atoms with Crippen LogP contribution in [0.1, 0.15) is 51.6 Å². The molecule has 0 amide bonds. The molecule has 0 spiro atoms. The molecule has 174 valence electrons. The van der Waals surface area contributed by atoms with E-state index < -0.39 is 27.8 Å². The standard InChI is InChI=1S/C24H27N3O5S/c1-5-32-24(29)22-16(2)21(17(3)26-22)23(28)18(4)27(15-19-11-9-10-14-25-19)33(30,31)20-12-7-6-8-13-20/h6-14,18,26H,5,15H2,1-4H3. The summed E-state index contributed by atoms with van der Waals surface area (Å²) in [6, 6.07) is 12.1. The van der Waals surface area contributed by atoms with Crippen LogP contribution in [0.5, 0.6) is 0 Å². The number of aromatic amines is 1. The smallest absolute Gasteiger partial charge is 0.355 e. The Morgan fingerprint density at radius 1 is 1.09 bits per heavy atom. The average Bonchev–Trinajstić information content (AvgIpc) is 3.11. The van der Waals surface area contributed by atoms with Crippen LogP contribution in [0, 0.1) is 13.8 Å². The lowest BCUT2D eigenvalue weighted by Gasteiger charge is -2.27. The van der Waals surface area contributed by atoms with Crippen molar-refractivity contribution in [1.82, 2.24) is 14.3 Å². The minimum Gasteiger partial charge on any atom is -0.461 e. The molecule has 0 saturated carbocycles. The molecular weight excluding hydrogens is 442 g/mol. The Kier molecular flexibility index (Phi) is 7.45. The van der Waals surface area contributed by atoms with Crippen LogP contribution in [-0.2, 0) is 21.3 Å². The second-order valence-electron chi connectivity index (χ2n) is 7.57. The first-order chi connectivity index (χ1) is 15.7. The van der Waals surface area contributed by atoms with E-state index in [0.717, 1.165) is 4.31 Å². The predicted molar refractivity (Wildman–Crippen MR) is 123 cm³/mol. The predicted octanol–water partition coefficient (Wildman–Crippen LogP) is 3.67. The summed E-state index contributed by atoms with van der Waals surface area (Å²) in [5.74, 6) is -0.987. The number of rotatable bonds is 9. The highest BCUT2D eigenvalue weighted by Gasteiger charge is 2.36. The SMILES string of the molecule is CCOC(=O)c1[nH]c(C)c(C(=O)C(C)N(Cc2ccccn2)S(=O)(=O)c2ccccc2)c1C. The fourth-order valence-electron chi connectivity index (χ4n) is 3.68. The molecule has 3 rings (SSSR count). The third-order valence-corrected chi connectivity index (χ3v) is 7.30. The van der Waals surface area contributed by atoms with Crippen LogP contribution in [0.3, 0.4) is 0 Å². The van der Waals surface area contributed by atoms with Gasteiger partial charge in [0.05, 0.1) is 29.8 Å². The Labute approximate surface area is 193 Å². The summed E-state index contributed by atoms with van der Waals surface area (Å²) in [5.41, 5.74) is 1.87. The molecular formula is C24H27N3O5S. The van der Waals surface area contributed by atoms with Crippen molar-refractivity contribution in [3.05, 3.63) is 82.9 Å². The van der Waals surface area contributed by atoms with E-state index in [4.69, 9.17) is 4.74 Å². The number of carbonyl (C=O) groups is 2. The van der Waals surface area contributed by atoms with Crippen molar-refractivity contribution >= 4 is 21.8 Å². The van der Waals surface area contributed by atoms with E-state index in [-0.39, 0.29) is 29.3 Å². The Morgan fingerprint density at radius 2 is 1.76 bits per heavy atom. The molecule has 3 aromatic rings. The lowest BCUT2D eigenvalue weighted by Crippen LogP contribution is -2.43. The Hall–Kier alpha value is -3.30. The van der Waals surface area contributed by atoms with Crippen molar-refractivity contribution in [2.24, 2.45) is 0 Å². The van der Waals surface area contributed by atoms with E-state index in [1.807, 2.05) is 0 Å². The molecule has 1 atom stereocenters. The highest BCUT2D eigenvalue weighted by atomic mass is 32.2. The van der Waals surface area contributed by atoms with Crippen molar-refractivity contribution in [2.45, 2.75) is 45.2 Å². The molecule has 0 saturated heterocycles. The fraction of sp³-hybridized carbons (Fsp3) is 0.292. The molecule has 8 nitrogen and oxygen atoms in total. The van der Waals surface area contributed by atoms with E-state index in [9.17, 15) is 18.0 Å². The number of hydrogen-bond donors (Lipinski definition) is 1. The van der Waals surface area contributed by atoms with Crippen molar-refractivity contribution in [3.63, 3.8) is 0 Å². The number of ether oxygens (including phenoxy) is 1. The zero-order chi connectivity index (χ0) is 24.2. The molecule has 2 heterocycles. The normalized spacial score (nSPS) is 12.5. The summed E-state index contributed by atoms with van der Waals surface area (Å²) in [6.07, 6.45) is 1.57. The number of pyridine rings is 1. The van der Waals surface area contributed by atoms with Gasteiger partial charge in [-0.1, -0.05) is 24.3 Å². The molecule has 1 N–H and O–H groups in total. The summed E-state index contributed by atoms with van der Waals surface area (Å²) < 4.78 is 33.3. The van der Waals surface area contributed by atoms with Gasteiger partial charge in [-0.3, -0.25) is 9.78 Å². The minimum absolute atomic E-state index is 0.0790. The van der Waals surface area contributed by atoms with E-state index >= 15 is 0 Å². The van der Waals surface area contributed by atoms with Crippen LogP contribution in [0.25, 0.3) is 0 Å². The maximum atomic E-state index is 13.6. The van der Waals surface area contributed by atoms with Crippen LogP contribution in [0.4, 0.5) is 0 Å². The van der Waals surface area contributed by atoms with E-state index in [0.29, 0.717) is 17.0 Å². The van der Waals surface area contributed by atoms with Gasteiger partial charge in [0.15, 0.2) is 5.78 Å². The zero-order valence-corrected chi connectivity index (χ0v) is 19.8. The number of Topliss-reactive ketones (excluding diaryl/α,β-unsaturated/α-hetero) is 1. The van der Waals surface area contributed by atoms with Gasteiger partial charge >= 0.3 is 5.97 Å². The van der Waals surface area contributed by atoms with Gasteiger partial charge in [0, 0.05) is 17.5 Å². The van der Waals surface area contributed by atoms with Gasteiger partial charge in [0.1, 0.15) is 5.69 Å². The number of aromatic nitrogens is 2. The second kappa shape index (κ2) is 10.1. The van der Waals surface area contributed by atoms with Crippen molar-refractivity contribution in [2.75, 3.05) is 6.61 Å². The molecule has 0 bridgehead atoms. The maximum absolute atomic E-state index is 13.6. The first-order valence-electron chi connectivity index (χ1n) is 10.6. The first kappa shape index (κ1) is 24.3. The highest BCUT2D eigenvalue weighted by Crippen LogP contribution is 2.26. The highest BCUT2D eigenvalue weighted by molar-refractivity contribution is 7.89. The second-order valence-corrected chi connectivity index (χ2v) is 9.46. The van der Waals surface area contributed by atoms with Crippen molar-refractivity contribution in [3.8, 4) is 0 Å². The van der Waals surface area contributed by atoms with Gasteiger partial charge in [-0.05, 0) is 57.5 Å². The molecule has 9 heteroatoms. The summed E-state index contributed by atoms with van der Waals surface area (Å²) in [7, 11) is -4.02. The van der Waals surface area contributed by atoms with Crippen LogP contribution in [0.15, 0.2) is 59.6 Å². The summed E-state index contributed by atoms with van der Waals surface area (Å²) in [4.78, 5) is 33.1. The maximum Gasteiger partial charge on any atom is 0.355 e. The minimum atomic E-state index is -4.02. The molecule has 1 unspecified atom stereocenters. The number of esters is 1. The number of ketones is 1. The molecule has 1 aromatic carbocycles. The molecule has 33 heavy (non-hydrogen) atoms. The van der Waals surface area contributed by atoms with Gasteiger partial charge in [-0.2, -0.15) is 4.31 Å². The van der Waals surface area contributed by atoms with Gasteiger partial charge in [0.25, 0.3) is 0 Å². The number of sulfonamides is 1. The molecule has 0 aliphatic heterocycles. The fourth-order valence-corrected chi connectivity index (χ4v) is 5.26. The third kappa shape index (κ3) is 5.04. The van der Waals surface area contributed by atoms with Crippen molar-refractivity contribution < 1.29 is 22.7 Å². The van der Waals surface area contributed by atoms with Crippen LogP contribution < -0.4 is 0 Å². The number of aryl methyl sites for hydroxylation is 1. The number of hydrogen-bond acceptors (Lipinski definition) is 6. The van der Waals surface area contributed by atoms with Crippen molar-refractivity contribution in [1.29, 1.82) is 0 Å². The summed E-state index contributed by atoms with van der Waals surface area (Å²) in [5, 5.41) is 0. The van der Waals surface area contributed by atoms with E-state index in [2.05, 4.69) is 9.97 Å². The van der Waals surface area contributed by atoms with Crippen LogP contribution >= 0.6 is 0 Å². The van der Waals surface area contributed by atoms with Crippen LogP contribution in [-0.4, -0.2) is 47.1 Å². The largest absolute Gasteiger partial charge is 0.461 e. The quantitative estimate of drug-likeness (QED) is 0.378. The lowest BCUT2D eigenvalue weighted by molar-refractivity contribution is 0.0519. The molecule has 0 aliphatic rings. The monoisotopic (exact) mass is 469 g/mol.